The Hall–Kier alpha value is -1.11. The van der Waals surface area contributed by atoms with Crippen molar-refractivity contribution in [3.05, 3.63) is 29.8 Å². The molecule has 6 heteroatoms. The number of benzene rings is 1. The molecule has 0 bridgehead atoms. The highest BCUT2D eigenvalue weighted by molar-refractivity contribution is 7.92. The van der Waals surface area contributed by atoms with E-state index in [0.29, 0.717) is 32.7 Å². The largest absolute Gasteiger partial charge is 0.379 e. The zero-order valence-corrected chi connectivity index (χ0v) is 10.9. The van der Waals surface area contributed by atoms with Gasteiger partial charge in [0.2, 0.25) is 10.0 Å². The summed E-state index contributed by atoms with van der Waals surface area (Å²) >= 11 is 0. The predicted octanol–water partition coefficient (Wildman–Crippen LogP) is 0.626. The standard InChI is InChI=1S/C12H16N2O3S/c15-18(16)10-5-11-3-1-2-4-12(11)14(18)13-6-8-17-9-7-13/h1-4H,5-10H2. The number of morpholine rings is 1. The van der Waals surface area contributed by atoms with E-state index in [0.717, 1.165) is 11.3 Å². The van der Waals surface area contributed by atoms with E-state index in [4.69, 9.17) is 4.74 Å². The molecule has 1 saturated heterocycles. The van der Waals surface area contributed by atoms with Gasteiger partial charge in [-0.15, -0.1) is 0 Å². The number of anilines is 1. The number of sulfonamides is 1. The van der Waals surface area contributed by atoms with Gasteiger partial charge >= 0.3 is 0 Å². The lowest BCUT2D eigenvalue weighted by molar-refractivity contribution is 0.0407. The third-order valence-electron chi connectivity index (χ3n) is 3.33. The second kappa shape index (κ2) is 4.53. The van der Waals surface area contributed by atoms with Gasteiger partial charge in [0.25, 0.3) is 0 Å². The minimum absolute atomic E-state index is 0.182. The molecule has 2 heterocycles. The van der Waals surface area contributed by atoms with Crippen molar-refractivity contribution in [1.29, 1.82) is 0 Å². The smallest absolute Gasteiger partial charge is 0.249 e. The molecular formula is C12H16N2O3S. The van der Waals surface area contributed by atoms with Crippen LogP contribution in [0.2, 0.25) is 0 Å². The fourth-order valence-electron chi connectivity index (χ4n) is 2.45. The monoisotopic (exact) mass is 268 g/mol. The first-order chi connectivity index (χ1) is 8.68. The third kappa shape index (κ3) is 2.00. The summed E-state index contributed by atoms with van der Waals surface area (Å²) in [6.45, 7) is 2.39. The Bertz CT molecular complexity index is 538. The molecule has 0 amide bonds. The highest BCUT2D eigenvalue weighted by Gasteiger charge is 2.34. The van der Waals surface area contributed by atoms with Gasteiger partial charge < -0.3 is 4.74 Å². The van der Waals surface area contributed by atoms with E-state index in [1.807, 2.05) is 29.3 Å². The molecule has 0 aliphatic carbocycles. The van der Waals surface area contributed by atoms with Gasteiger partial charge in [-0.05, 0) is 18.1 Å². The molecule has 1 aromatic carbocycles. The van der Waals surface area contributed by atoms with Gasteiger partial charge in [0.1, 0.15) is 0 Å². The van der Waals surface area contributed by atoms with Gasteiger partial charge in [-0.2, -0.15) is 4.41 Å². The quantitative estimate of drug-likeness (QED) is 0.749. The van der Waals surface area contributed by atoms with E-state index >= 15 is 0 Å². The van der Waals surface area contributed by atoms with E-state index in [-0.39, 0.29) is 5.75 Å². The van der Waals surface area contributed by atoms with Gasteiger partial charge in [0.05, 0.1) is 24.7 Å². The van der Waals surface area contributed by atoms with E-state index in [1.165, 1.54) is 4.41 Å². The Morgan fingerprint density at radius 3 is 2.61 bits per heavy atom. The Balaban J connectivity index is 2.03. The van der Waals surface area contributed by atoms with Crippen molar-refractivity contribution >= 4 is 15.7 Å². The van der Waals surface area contributed by atoms with Gasteiger partial charge in [0, 0.05) is 13.1 Å². The molecule has 0 atom stereocenters. The molecule has 5 nitrogen and oxygen atoms in total. The Kier molecular flexibility index (Phi) is 3.01. The lowest BCUT2D eigenvalue weighted by Gasteiger charge is -2.40. The summed E-state index contributed by atoms with van der Waals surface area (Å²) in [7, 11) is -3.23. The normalized spacial score (nSPS) is 23.7. The molecule has 1 fully saturated rings. The van der Waals surface area contributed by atoms with Gasteiger partial charge in [0.15, 0.2) is 0 Å². The van der Waals surface area contributed by atoms with Crippen LogP contribution in [0.4, 0.5) is 5.69 Å². The molecule has 18 heavy (non-hydrogen) atoms. The molecule has 0 unspecified atom stereocenters. The van der Waals surface area contributed by atoms with Crippen molar-refractivity contribution in [3.63, 3.8) is 0 Å². The van der Waals surface area contributed by atoms with Crippen LogP contribution >= 0.6 is 0 Å². The summed E-state index contributed by atoms with van der Waals surface area (Å²) in [5, 5.41) is 1.87. The van der Waals surface area contributed by atoms with Crippen molar-refractivity contribution in [2.75, 3.05) is 36.5 Å². The summed E-state index contributed by atoms with van der Waals surface area (Å²) in [6, 6.07) is 7.71. The summed E-state index contributed by atoms with van der Waals surface area (Å²) in [5.41, 5.74) is 1.89. The van der Waals surface area contributed by atoms with Crippen LogP contribution in [0.25, 0.3) is 0 Å². The number of para-hydroxylation sites is 1. The van der Waals surface area contributed by atoms with Crippen LogP contribution in [0.3, 0.4) is 0 Å². The molecule has 2 aliphatic heterocycles. The Morgan fingerprint density at radius 2 is 1.83 bits per heavy atom. The fourth-order valence-corrected chi connectivity index (χ4v) is 4.09. The second-order valence-corrected chi connectivity index (χ2v) is 6.42. The minimum Gasteiger partial charge on any atom is -0.379 e. The van der Waals surface area contributed by atoms with Crippen molar-refractivity contribution in [2.45, 2.75) is 6.42 Å². The van der Waals surface area contributed by atoms with E-state index in [2.05, 4.69) is 0 Å². The molecule has 1 aromatic rings. The Labute approximate surface area is 107 Å². The summed E-state index contributed by atoms with van der Waals surface area (Å²) in [5.74, 6) is 0.182. The van der Waals surface area contributed by atoms with Crippen LogP contribution in [0.5, 0.6) is 0 Å². The van der Waals surface area contributed by atoms with Crippen LogP contribution in [-0.4, -0.2) is 45.5 Å². The molecule has 0 radical (unpaired) electrons. The van der Waals surface area contributed by atoms with E-state index in [9.17, 15) is 8.42 Å². The lowest BCUT2D eigenvalue weighted by atomic mass is 10.1. The predicted molar refractivity (Wildman–Crippen MR) is 68.8 cm³/mol. The number of hydrogen-bond donors (Lipinski definition) is 0. The maximum atomic E-state index is 12.3. The van der Waals surface area contributed by atoms with Gasteiger partial charge in [-0.1, -0.05) is 18.2 Å². The fraction of sp³-hybridized carbons (Fsp3) is 0.500. The highest BCUT2D eigenvalue weighted by atomic mass is 32.2. The van der Waals surface area contributed by atoms with Crippen LogP contribution in [0.15, 0.2) is 24.3 Å². The van der Waals surface area contributed by atoms with Crippen LogP contribution < -0.4 is 4.41 Å². The zero-order chi connectivity index (χ0) is 12.6. The number of nitrogens with zero attached hydrogens (tertiary/aromatic N) is 2. The number of aryl methyl sites for hydroxylation is 1. The maximum Gasteiger partial charge on any atom is 0.249 e. The van der Waals surface area contributed by atoms with Crippen molar-refractivity contribution in [1.82, 2.24) is 5.01 Å². The molecule has 2 aliphatic rings. The SMILES string of the molecule is O=S1(=O)CCc2ccccc2N1N1CCOCC1. The molecule has 3 rings (SSSR count). The molecule has 0 spiro atoms. The zero-order valence-electron chi connectivity index (χ0n) is 10.1. The number of hydrogen-bond acceptors (Lipinski definition) is 4. The highest BCUT2D eigenvalue weighted by Crippen LogP contribution is 2.30. The number of fused-ring (bicyclic) bond motifs is 1. The van der Waals surface area contributed by atoms with E-state index in [1.54, 1.807) is 0 Å². The topological polar surface area (TPSA) is 49.9 Å². The Morgan fingerprint density at radius 1 is 1.11 bits per heavy atom. The van der Waals surface area contributed by atoms with Gasteiger partial charge in [-0.25, -0.2) is 13.4 Å². The van der Waals surface area contributed by atoms with Crippen molar-refractivity contribution < 1.29 is 13.2 Å². The summed E-state index contributed by atoms with van der Waals surface area (Å²) in [6.07, 6.45) is 0.597. The molecule has 0 aromatic heterocycles. The molecule has 0 N–H and O–H groups in total. The maximum absolute atomic E-state index is 12.3. The first kappa shape index (κ1) is 12.0. The molecule has 0 saturated carbocycles. The second-order valence-electron chi connectivity index (χ2n) is 4.50. The number of rotatable bonds is 1. The number of hydrazine groups is 1. The van der Waals surface area contributed by atoms with Crippen molar-refractivity contribution in [3.8, 4) is 0 Å². The van der Waals surface area contributed by atoms with Crippen LogP contribution in [0, 0.1) is 0 Å². The third-order valence-corrected chi connectivity index (χ3v) is 5.01. The average Bonchev–Trinajstić information content (AvgIpc) is 2.39. The minimum atomic E-state index is -3.23. The molecular weight excluding hydrogens is 252 g/mol. The first-order valence-corrected chi connectivity index (χ1v) is 7.73. The van der Waals surface area contributed by atoms with Crippen LogP contribution in [0.1, 0.15) is 5.56 Å². The summed E-state index contributed by atoms with van der Waals surface area (Å²) < 4.78 is 31.3. The van der Waals surface area contributed by atoms with Crippen molar-refractivity contribution in [2.24, 2.45) is 0 Å². The molecule has 98 valence electrons. The van der Waals surface area contributed by atoms with E-state index < -0.39 is 10.0 Å². The summed E-state index contributed by atoms with van der Waals surface area (Å²) in [4.78, 5) is 0. The van der Waals surface area contributed by atoms with Gasteiger partial charge in [-0.3, -0.25) is 0 Å². The number of ether oxygens (including phenoxy) is 1. The van der Waals surface area contributed by atoms with Crippen LogP contribution in [-0.2, 0) is 21.2 Å². The lowest BCUT2D eigenvalue weighted by Crippen LogP contribution is -2.54. The average molecular weight is 268 g/mol. The first-order valence-electron chi connectivity index (χ1n) is 6.12.